The molecule has 102 valence electrons. The summed E-state index contributed by atoms with van der Waals surface area (Å²) >= 11 is 3.91. The highest BCUT2D eigenvalue weighted by Crippen LogP contribution is 2.33. The summed E-state index contributed by atoms with van der Waals surface area (Å²) in [5.74, 6) is 1.06. The number of nitrogens with two attached hydrogens (primary N) is 1. The number of hydrogen-bond acceptors (Lipinski definition) is 3. The molecule has 1 nitrogen and oxygen atoms in total. The molecule has 0 bridgehead atoms. The number of thioether (sulfide) groups is 1. The minimum atomic E-state index is 0.175. The molecule has 1 aliphatic carbocycles. The van der Waals surface area contributed by atoms with Gasteiger partial charge in [-0.3, -0.25) is 0 Å². The Morgan fingerprint density at radius 1 is 1.21 bits per heavy atom. The molecule has 0 spiro atoms. The first-order chi connectivity index (χ1) is 9.34. The van der Waals surface area contributed by atoms with Crippen LogP contribution in [0.5, 0.6) is 0 Å². The fraction of sp³-hybridized carbons (Fsp3) is 0.500. The summed E-state index contributed by atoms with van der Waals surface area (Å²) in [4.78, 5) is 0. The van der Waals surface area contributed by atoms with E-state index in [4.69, 9.17) is 5.73 Å². The third-order valence-corrected chi connectivity index (χ3v) is 6.45. The normalized spacial score (nSPS) is 18.8. The van der Waals surface area contributed by atoms with Crippen molar-refractivity contribution in [1.29, 1.82) is 0 Å². The van der Waals surface area contributed by atoms with Gasteiger partial charge in [0.15, 0.2) is 0 Å². The summed E-state index contributed by atoms with van der Waals surface area (Å²) in [5.41, 5.74) is 7.75. The van der Waals surface area contributed by atoms with Crippen LogP contribution in [0.1, 0.15) is 43.7 Å². The van der Waals surface area contributed by atoms with E-state index in [1.807, 2.05) is 11.3 Å². The summed E-state index contributed by atoms with van der Waals surface area (Å²) in [5, 5.41) is 4.35. The van der Waals surface area contributed by atoms with Gasteiger partial charge in [-0.1, -0.05) is 37.5 Å². The van der Waals surface area contributed by atoms with Gasteiger partial charge in [-0.15, -0.1) is 11.3 Å². The second-order valence-electron chi connectivity index (χ2n) is 5.39. The number of fused-ring (bicyclic) bond motifs is 1. The zero-order valence-corrected chi connectivity index (χ0v) is 12.8. The zero-order valence-electron chi connectivity index (χ0n) is 11.2. The third kappa shape index (κ3) is 3.15. The van der Waals surface area contributed by atoms with E-state index >= 15 is 0 Å². The van der Waals surface area contributed by atoms with Crippen LogP contribution in [-0.2, 0) is 0 Å². The summed E-state index contributed by atoms with van der Waals surface area (Å²) in [6, 6.07) is 8.87. The Morgan fingerprint density at radius 3 is 2.89 bits per heavy atom. The van der Waals surface area contributed by atoms with Gasteiger partial charge < -0.3 is 5.73 Å². The first kappa shape index (κ1) is 13.5. The van der Waals surface area contributed by atoms with E-state index in [-0.39, 0.29) is 6.04 Å². The molecule has 1 fully saturated rings. The Balaban J connectivity index is 1.66. The molecule has 1 atom stereocenters. The second kappa shape index (κ2) is 6.29. The molecule has 1 unspecified atom stereocenters. The van der Waals surface area contributed by atoms with Gasteiger partial charge in [-0.2, -0.15) is 11.8 Å². The average molecular weight is 291 g/mol. The van der Waals surface area contributed by atoms with Gasteiger partial charge in [0.05, 0.1) is 0 Å². The molecule has 3 rings (SSSR count). The van der Waals surface area contributed by atoms with E-state index in [1.54, 1.807) is 0 Å². The van der Waals surface area contributed by atoms with Gasteiger partial charge >= 0.3 is 0 Å². The lowest BCUT2D eigenvalue weighted by atomic mass is 10.0. The molecule has 0 amide bonds. The second-order valence-corrected chi connectivity index (χ2v) is 7.64. The van der Waals surface area contributed by atoms with Crippen molar-refractivity contribution in [2.75, 3.05) is 5.75 Å². The van der Waals surface area contributed by atoms with Gasteiger partial charge in [-0.05, 0) is 35.2 Å². The third-order valence-electron chi connectivity index (χ3n) is 3.97. The van der Waals surface area contributed by atoms with Gasteiger partial charge in [0.1, 0.15) is 0 Å². The minimum absolute atomic E-state index is 0.175. The standard InChI is InChI=1S/C16H21NS2/c17-15(11-19-13-6-2-1-3-7-13)14-8-4-5-12-9-10-18-16(12)14/h4-5,8-10,13,15H,1-3,6-7,11,17H2. The van der Waals surface area contributed by atoms with Crippen LogP contribution in [0.25, 0.3) is 10.1 Å². The van der Waals surface area contributed by atoms with Crippen LogP contribution in [0.4, 0.5) is 0 Å². The summed E-state index contributed by atoms with van der Waals surface area (Å²) < 4.78 is 1.37. The maximum atomic E-state index is 6.42. The molecule has 1 aromatic heterocycles. The SMILES string of the molecule is NC(CSC1CCCCC1)c1cccc2ccsc12. The topological polar surface area (TPSA) is 26.0 Å². The molecule has 0 aliphatic heterocycles. The molecule has 3 heteroatoms. The monoisotopic (exact) mass is 291 g/mol. The molecular formula is C16H21NS2. The highest BCUT2D eigenvalue weighted by molar-refractivity contribution is 7.99. The molecule has 1 heterocycles. The van der Waals surface area contributed by atoms with Gasteiger partial charge in [0.25, 0.3) is 0 Å². The van der Waals surface area contributed by atoms with Gasteiger partial charge in [-0.25, -0.2) is 0 Å². The van der Waals surface area contributed by atoms with Crippen molar-refractivity contribution in [3.63, 3.8) is 0 Å². The largest absolute Gasteiger partial charge is 0.323 e. The van der Waals surface area contributed by atoms with Crippen molar-refractivity contribution < 1.29 is 0 Å². The van der Waals surface area contributed by atoms with Crippen molar-refractivity contribution in [3.05, 3.63) is 35.2 Å². The summed E-state index contributed by atoms with van der Waals surface area (Å²) in [7, 11) is 0. The zero-order chi connectivity index (χ0) is 13.1. The Labute approximate surface area is 123 Å². The molecule has 1 saturated carbocycles. The first-order valence-electron chi connectivity index (χ1n) is 7.18. The lowest BCUT2D eigenvalue weighted by Gasteiger charge is -2.22. The van der Waals surface area contributed by atoms with Gasteiger partial charge in [0.2, 0.25) is 0 Å². The Kier molecular flexibility index (Phi) is 4.46. The van der Waals surface area contributed by atoms with Crippen LogP contribution in [0.2, 0.25) is 0 Å². The maximum absolute atomic E-state index is 6.42. The molecule has 0 saturated heterocycles. The van der Waals surface area contributed by atoms with Crippen LogP contribution in [0.3, 0.4) is 0 Å². The first-order valence-corrected chi connectivity index (χ1v) is 9.11. The summed E-state index contributed by atoms with van der Waals surface area (Å²) in [6.45, 7) is 0. The minimum Gasteiger partial charge on any atom is -0.323 e. The van der Waals surface area contributed by atoms with Crippen molar-refractivity contribution in [2.24, 2.45) is 5.73 Å². The molecule has 1 aromatic carbocycles. The van der Waals surface area contributed by atoms with Crippen molar-refractivity contribution in [1.82, 2.24) is 0 Å². The summed E-state index contributed by atoms with van der Waals surface area (Å²) in [6.07, 6.45) is 7.03. The van der Waals surface area contributed by atoms with E-state index < -0.39 is 0 Å². The van der Waals surface area contributed by atoms with Crippen molar-refractivity contribution >= 4 is 33.2 Å². The fourth-order valence-corrected chi connectivity index (χ4v) is 5.17. The molecular weight excluding hydrogens is 270 g/mol. The van der Waals surface area contributed by atoms with E-state index in [1.165, 1.54) is 47.8 Å². The number of rotatable bonds is 4. The van der Waals surface area contributed by atoms with Crippen LogP contribution < -0.4 is 5.73 Å². The highest BCUT2D eigenvalue weighted by Gasteiger charge is 2.17. The average Bonchev–Trinajstić information content (AvgIpc) is 2.94. The van der Waals surface area contributed by atoms with Crippen LogP contribution in [-0.4, -0.2) is 11.0 Å². The number of benzene rings is 1. The Bertz CT molecular complexity index is 528. The van der Waals surface area contributed by atoms with E-state index in [0.717, 1.165) is 11.0 Å². The molecule has 1 aliphatic rings. The molecule has 2 aromatic rings. The van der Waals surface area contributed by atoms with Crippen LogP contribution in [0.15, 0.2) is 29.6 Å². The van der Waals surface area contributed by atoms with Crippen LogP contribution >= 0.6 is 23.1 Å². The van der Waals surface area contributed by atoms with Crippen LogP contribution in [0, 0.1) is 0 Å². The molecule has 2 N–H and O–H groups in total. The highest BCUT2D eigenvalue weighted by atomic mass is 32.2. The van der Waals surface area contributed by atoms with Gasteiger partial charge in [0, 0.05) is 21.7 Å². The van der Waals surface area contributed by atoms with Crippen molar-refractivity contribution in [3.8, 4) is 0 Å². The number of hydrogen-bond donors (Lipinski definition) is 1. The smallest absolute Gasteiger partial charge is 0.0401 e. The predicted octanol–water partition coefficient (Wildman–Crippen LogP) is 4.97. The molecule has 0 radical (unpaired) electrons. The quantitative estimate of drug-likeness (QED) is 0.861. The maximum Gasteiger partial charge on any atom is 0.0401 e. The van der Waals surface area contributed by atoms with E-state index in [2.05, 4.69) is 41.4 Å². The lowest BCUT2D eigenvalue weighted by Crippen LogP contribution is -2.17. The van der Waals surface area contributed by atoms with Crippen molar-refractivity contribution in [2.45, 2.75) is 43.4 Å². The van der Waals surface area contributed by atoms with E-state index in [0.29, 0.717) is 0 Å². The Morgan fingerprint density at radius 2 is 2.05 bits per heavy atom. The fourth-order valence-electron chi connectivity index (χ4n) is 2.87. The number of thiophene rings is 1. The lowest BCUT2D eigenvalue weighted by molar-refractivity contribution is 0.515. The molecule has 19 heavy (non-hydrogen) atoms. The predicted molar refractivity (Wildman–Crippen MR) is 88.1 cm³/mol. The van der Waals surface area contributed by atoms with E-state index in [9.17, 15) is 0 Å². The Hall–Kier alpha value is -0.510.